The van der Waals surface area contributed by atoms with Gasteiger partial charge in [-0.1, -0.05) is 0 Å². The molecule has 62 valence electrons. The first-order valence-electron chi connectivity index (χ1n) is 2.69. The molecule has 0 fully saturated rings. The van der Waals surface area contributed by atoms with Crippen LogP contribution in [0.15, 0.2) is 17.1 Å². The molecule has 0 saturated carbocycles. The van der Waals surface area contributed by atoms with Crippen molar-refractivity contribution < 1.29 is 5.11 Å². The van der Waals surface area contributed by atoms with Crippen molar-refractivity contribution in [3.63, 3.8) is 0 Å². The van der Waals surface area contributed by atoms with Crippen LogP contribution >= 0.6 is 24.2 Å². The molecule has 1 N–H and O–H groups in total. The number of rotatable bonds is 0. The van der Waals surface area contributed by atoms with Crippen LogP contribution in [0.1, 0.15) is 5.56 Å². The van der Waals surface area contributed by atoms with Gasteiger partial charge in [-0.2, -0.15) is 0 Å². The highest BCUT2D eigenvalue weighted by molar-refractivity contribution is 6.15. The van der Waals surface area contributed by atoms with Crippen LogP contribution in [0.3, 0.4) is 0 Å². The van der Waals surface area contributed by atoms with E-state index in [9.17, 15) is 4.79 Å². The molecule has 1 rings (SSSR count). The van der Waals surface area contributed by atoms with E-state index in [0.29, 0.717) is 5.56 Å². The van der Waals surface area contributed by atoms with Gasteiger partial charge in [-0.25, -0.2) is 4.09 Å². The largest absolute Gasteiger partial charge is 0.507 e. The zero-order chi connectivity index (χ0) is 7.72. The van der Waals surface area contributed by atoms with Gasteiger partial charge in [-0.15, -0.1) is 12.4 Å². The van der Waals surface area contributed by atoms with E-state index in [0.717, 1.165) is 10.2 Å². The maximum Gasteiger partial charge on any atom is 0.268 e. The molecule has 11 heavy (non-hydrogen) atoms. The lowest BCUT2D eigenvalue weighted by atomic mass is 10.3. The summed E-state index contributed by atoms with van der Waals surface area (Å²) in [5.74, 6) is -0.0260. The van der Waals surface area contributed by atoms with Gasteiger partial charge < -0.3 is 5.11 Å². The molecule has 0 aliphatic carbocycles. The van der Waals surface area contributed by atoms with Crippen LogP contribution in [0, 0.1) is 6.92 Å². The Balaban J connectivity index is 0.000001000. The molecule has 0 atom stereocenters. The molecule has 0 radical (unpaired) electrons. The molecule has 0 amide bonds. The predicted molar refractivity (Wildman–Crippen MR) is 45.6 cm³/mol. The standard InChI is InChI=1S/C6H6ClNO2.ClH/c1-4-3-8(7)6(10)2-5(4)9;/h2-3,9H,1H3;1H. The van der Waals surface area contributed by atoms with Gasteiger partial charge in [-0.05, 0) is 6.92 Å². The first-order chi connectivity index (χ1) is 4.61. The third kappa shape index (κ3) is 2.13. The average molecular weight is 196 g/mol. The quantitative estimate of drug-likeness (QED) is 0.679. The van der Waals surface area contributed by atoms with Gasteiger partial charge in [0.15, 0.2) is 0 Å². The summed E-state index contributed by atoms with van der Waals surface area (Å²) < 4.78 is 0.898. The molecule has 0 bridgehead atoms. The summed E-state index contributed by atoms with van der Waals surface area (Å²) in [6, 6.07) is 1.07. The summed E-state index contributed by atoms with van der Waals surface area (Å²) in [5.41, 5.74) is 0.152. The fraction of sp³-hybridized carbons (Fsp3) is 0.167. The van der Waals surface area contributed by atoms with Crippen LogP contribution < -0.4 is 5.56 Å². The van der Waals surface area contributed by atoms with E-state index in [-0.39, 0.29) is 18.2 Å². The van der Waals surface area contributed by atoms with E-state index in [1.807, 2.05) is 0 Å². The topological polar surface area (TPSA) is 42.2 Å². The number of hydrogen-bond acceptors (Lipinski definition) is 2. The molecule has 0 unspecified atom stereocenters. The molecule has 0 aromatic carbocycles. The second-order valence-corrected chi connectivity index (χ2v) is 2.36. The zero-order valence-electron chi connectivity index (χ0n) is 5.74. The Kier molecular flexibility index (Phi) is 3.42. The maximum atomic E-state index is 10.7. The van der Waals surface area contributed by atoms with Crippen LogP contribution in [0.5, 0.6) is 5.75 Å². The van der Waals surface area contributed by atoms with Crippen molar-refractivity contribution in [1.29, 1.82) is 0 Å². The van der Waals surface area contributed by atoms with Gasteiger partial charge in [0.05, 0.1) is 0 Å². The number of halogens is 2. The smallest absolute Gasteiger partial charge is 0.268 e. The van der Waals surface area contributed by atoms with Crippen LogP contribution in [0.25, 0.3) is 0 Å². The lowest BCUT2D eigenvalue weighted by Gasteiger charge is -1.97. The fourth-order valence-electron chi connectivity index (χ4n) is 0.592. The molecule has 1 heterocycles. The molecule has 1 aromatic rings. The third-order valence-electron chi connectivity index (χ3n) is 1.18. The Labute approximate surface area is 74.7 Å². The second-order valence-electron chi connectivity index (χ2n) is 1.99. The Morgan fingerprint density at radius 2 is 2.18 bits per heavy atom. The Hall–Kier alpha value is -0.670. The van der Waals surface area contributed by atoms with Gasteiger partial charge in [-0.3, -0.25) is 4.79 Å². The van der Waals surface area contributed by atoms with E-state index in [1.165, 1.54) is 6.20 Å². The Bertz CT molecular complexity index is 308. The van der Waals surface area contributed by atoms with E-state index in [2.05, 4.69) is 0 Å². The molecule has 0 aliphatic heterocycles. The number of pyridine rings is 1. The van der Waals surface area contributed by atoms with Crippen molar-refractivity contribution in [1.82, 2.24) is 4.09 Å². The van der Waals surface area contributed by atoms with E-state index in [4.69, 9.17) is 16.9 Å². The summed E-state index contributed by atoms with van der Waals surface area (Å²) in [6.07, 6.45) is 1.36. The van der Waals surface area contributed by atoms with Crippen LogP contribution in [0.4, 0.5) is 0 Å². The minimum absolute atomic E-state index is 0. The molecular weight excluding hydrogens is 189 g/mol. The summed E-state index contributed by atoms with van der Waals surface area (Å²) in [6.45, 7) is 1.66. The van der Waals surface area contributed by atoms with Gasteiger partial charge in [0.1, 0.15) is 5.75 Å². The van der Waals surface area contributed by atoms with E-state index >= 15 is 0 Å². The van der Waals surface area contributed by atoms with Gasteiger partial charge in [0, 0.05) is 29.6 Å². The van der Waals surface area contributed by atoms with Gasteiger partial charge in [0.2, 0.25) is 0 Å². The number of nitrogens with zero attached hydrogens (tertiary/aromatic N) is 1. The lowest BCUT2D eigenvalue weighted by molar-refractivity contribution is 0.469. The number of hydrogen-bond donors (Lipinski definition) is 1. The Morgan fingerprint density at radius 3 is 2.64 bits per heavy atom. The number of aromatic hydroxyl groups is 1. The fourth-order valence-corrected chi connectivity index (χ4v) is 0.787. The Morgan fingerprint density at radius 1 is 1.64 bits per heavy atom. The van der Waals surface area contributed by atoms with Crippen molar-refractivity contribution in [2.75, 3.05) is 0 Å². The highest BCUT2D eigenvalue weighted by Gasteiger charge is 1.98. The normalized spacial score (nSPS) is 8.91. The number of aryl methyl sites for hydroxylation is 1. The van der Waals surface area contributed by atoms with Crippen molar-refractivity contribution in [2.24, 2.45) is 0 Å². The van der Waals surface area contributed by atoms with E-state index < -0.39 is 5.56 Å². The lowest BCUT2D eigenvalue weighted by Crippen LogP contribution is -2.10. The molecule has 0 spiro atoms. The predicted octanol–water partition coefficient (Wildman–Crippen LogP) is 1.29. The van der Waals surface area contributed by atoms with Gasteiger partial charge in [0.25, 0.3) is 5.56 Å². The summed E-state index contributed by atoms with van der Waals surface area (Å²) in [4.78, 5) is 10.7. The minimum Gasteiger partial charge on any atom is -0.507 e. The monoisotopic (exact) mass is 195 g/mol. The molecule has 5 heteroatoms. The SMILES string of the molecule is Cc1cn(Cl)c(=O)cc1O.Cl. The van der Waals surface area contributed by atoms with Crippen molar-refractivity contribution in [2.45, 2.75) is 6.92 Å². The van der Waals surface area contributed by atoms with Crippen LogP contribution in [-0.4, -0.2) is 9.19 Å². The molecular formula is C6H7Cl2NO2. The number of aromatic nitrogens is 1. The first-order valence-corrected chi connectivity index (χ1v) is 3.03. The highest BCUT2D eigenvalue weighted by Crippen LogP contribution is 2.10. The maximum absolute atomic E-state index is 10.7. The molecule has 0 saturated heterocycles. The second kappa shape index (κ2) is 3.64. The zero-order valence-corrected chi connectivity index (χ0v) is 7.32. The molecule has 3 nitrogen and oxygen atoms in total. The van der Waals surface area contributed by atoms with Crippen molar-refractivity contribution in [3.8, 4) is 5.75 Å². The first kappa shape index (κ1) is 10.3. The third-order valence-corrected chi connectivity index (χ3v) is 1.45. The summed E-state index contributed by atoms with van der Waals surface area (Å²) in [5, 5.41) is 8.95. The van der Waals surface area contributed by atoms with Crippen molar-refractivity contribution in [3.05, 3.63) is 28.2 Å². The van der Waals surface area contributed by atoms with Crippen LogP contribution in [-0.2, 0) is 0 Å². The summed E-state index contributed by atoms with van der Waals surface area (Å²) in [7, 11) is 0. The highest BCUT2D eigenvalue weighted by atomic mass is 35.5. The minimum atomic E-state index is -0.426. The van der Waals surface area contributed by atoms with Crippen LogP contribution in [0.2, 0.25) is 0 Å². The van der Waals surface area contributed by atoms with Gasteiger partial charge >= 0.3 is 0 Å². The van der Waals surface area contributed by atoms with Crippen molar-refractivity contribution >= 4 is 24.2 Å². The molecule has 0 aliphatic rings. The summed E-state index contributed by atoms with van der Waals surface area (Å²) >= 11 is 5.38. The average Bonchev–Trinajstić information content (AvgIpc) is 1.84. The van der Waals surface area contributed by atoms with E-state index in [1.54, 1.807) is 6.92 Å². The molecule has 1 aromatic heterocycles.